The van der Waals surface area contributed by atoms with Crippen molar-refractivity contribution >= 4 is 39.9 Å². The van der Waals surface area contributed by atoms with Gasteiger partial charge in [0.25, 0.3) is 0 Å². The van der Waals surface area contributed by atoms with E-state index in [2.05, 4.69) is 15.6 Å². The molecule has 8 nitrogen and oxygen atoms in total. The number of carbonyl (C=O) groups is 3. The number of anilines is 2. The number of thiazole rings is 1. The molecule has 4 rings (SSSR count). The maximum atomic E-state index is 12.6. The summed E-state index contributed by atoms with van der Waals surface area (Å²) in [6.45, 7) is 1.59. The Bertz CT molecular complexity index is 947. The van der Waals surface area contributed by atoms with Crippen LogP contribution in [0.5, 0.6) is 5.75 Å². The molecule has 0 spiro atoms. The second-order valence-electron chi connectivity index (χ2n) is 7.82. The number of rotatable bonds is 7. The van der Waals surface area contributed by atoms with Crippen LogP contribution in [-0.4, -0.2) is 47.3 Å². The SMILES string of the molecule is O=C1CCc2cc(OCCCC(=O)N3CCCC(C(=O)Nc4nccs4)C3)ccc2N1. The first-order valence-corrected chi connectivity index (χ1v) is 11.5. The Hall–Kier alpha value is -2.94. The maximum absolute atomic E-state index is 12.6. The van der Waals surface area contributed by atoms with Crippen molar-refractivity contribution in [1.82, 2.24) is 9.88 Å². The van der Waals surface area contributed by atoms with Crippen molar-refractivity contribution in [3.63, 3.8) is 0 Å². The number of amides is 3. The van der Waals surface area contributed by atoms with Crippen LogP contribution in [0, 0.1) is 5.92 Å². The average Bonchev–Trinajstić information content (AvgIpc) is 3.29. The zero-order valence-electron chi connectivity index (χ0n) is 17.3. The van der Waals surface area contributed by atoms with Gasteiger partial charge in [0.15, 0.2) is 5.13 Å². The third-order valence-corrected chi connectivity index (χ3v) is 6.27. The highest BCUT2D eigenvalue weighted by Gasteiger charge is 2.28. The molecule has 1 saturated heterocycles. The first-order valence-electron chi connectivity index (χ1n) is 10.6. The minimum Gasteiger partial charge on any atom is -0.494 e. The summed E-state index contributed by atoms with van der Waals surface area (Å²) >= 11 is 1.39. The van der Waals surface area contributed by atoms with Gasteiger partial charge < -0.3 is 20.3 Å². The summed E-state index contributed by atoms with van der Waals surface area (Å²) in [5.74, 6) is 0.580. The lowest BCUT2D eigenvalue weighted by atomic mass is 9.97. The van der Waals surface area contributed by atoms with Gasteiger partial charge >= 0.3 is 0 Å². The van der Waals surface area contributed by atoms with Crippen molar-refractivity contribution in [2.24, 2.45) is 5.92 Å². The molecule has 1 atom stereocenters. The number of hydrogen-bond acceptors (Lipinski definition) is 6. The number of carbonyl (C=O) groups excluding carboxylic acids is 3. The summed E-state index contributed by atoms with van der Waals surface area (Å²) in [6.07, 6.45) is 5.46. The van der Waals surface area contributed by atoms with E-state index in [1.54, 1.807) is 11.1 Å². The lowest BCUT2D eigenvalue weighted by Crippen LogP contribution is -2.43. The fourth-order valence-electron chi connectivity index (χ4n) is 3.93. The summed E-state index contributed by atoms with van der Waals surface area (Å²) in [4.78, 5) is 42.4. The highest BCUT2D eigenvalue weighted by molar-refractivity contribution is 7.13. The van der Waals surface area contributed by atoms with Crippen molar-refractivity contribution < 1.29 is 19.1 Å². The highest BCUT2D eigenvalue weighted by atomic mass is 32.1. The zero-order valence-corrected chi connectivity index (χ0v) is 18.1. The van der Waals surface area contributed by atoms with E-state index in [4.69, 9.17) is 4.74 Å². The lowest BCUT2D eigenvalue weighted by Gasteiger charge is -2.32. The van der Waals surface area contributed by atoms with Crippen LogP contribution >= 0.6 is 11.3 Å². The first kappa shape index (κ1) is 21.3. The van der Waals surface area contributed by atoms with Crippen molar-refractivity contribution in [1.29, 1.82) is 0 Å². The number of likely N-dealkylation sites (tertiary alicyclic amines) is 1. The third kappa shape index (κ3) is 5.61. The average molecular weight is 443 g/mol. The Labute approximate surface area is 185 Å². The molecule has 2 aliphatic heterocycles. The molecule has 0 saturated carbocycles. The smallest absolute Gasteiger partial charge is 0.231 e. The molecule has 3 heterocycles. The van der Waals surface area contributed by atoms with Crippen LogP contribution in [0.15, 0.2) is 29.8 Å². The van der Waals surface area contributed by atoms with Crippen LogP contribution in [0.2, 0.25) is 0 Å². The number of piperidine rings is 1. The van der Waals surface area contributed by atoms with E-state index >= 15 is 0 Å². The molecule has 2 aliphatic rings. The molecular formula is C22H26N4O4S. The molecule has 1 aromatic heterocycles. The number of aryl methyl sites for hydroxylation is 1. The lowest BCUT2D eigenvalue weighted by molar-refractivity contribution is -0.134. The van der Waals surface area contributed by atoms with Gasteiger partial charge in [-0.15, -0.1) is 11.3 Å². The van der Waals surface area contributed by atoms with Crippen molar-refractivity contribution in [2.45, 2.75) is 38.5 Å². The van der Waals surface area contributed by atoms with Crippen LogP contribution in [0.4, 0.5) is 10.8 Å². The van der Waals surface area contributed by atoms with E-state index in [0.29, 0.717) is 50.5 Å². The minimum absolute atomic E-state index is 0.0419. The van der Waals surface area contributed by atoms with Gasteiger partial charge in [0.2, 0.25) is 17.7 Å². The Morgan fingerprint density at radius 2 is 2.23 bits per heavy atom. The van der Waals surface area contributed by atoms with Gasteiger partial charge in [-0.2, -0.15) is 0 Å². The van der Waals surface area contributed by atoms with Gasteiger partial charge in [-0.1, -0.05) is 0 Å². The number of hydrogen-bond donors (Lipinski definition) is 2. The van der Waals surface area contributed by atoms with E-state index in [1.165, 1.54) is 11.3 Å². The van der Waals surface area contributed by atoms with Crippen molar-refractivity contribution in [3.8, 4) is 5.75 Å². The van der Waals surface area contributed by atoms with E-state index in [0.717, 1.165) is 29.8 Å². The normalized spacial score (nSPS) is 18.1. The van der Waals surface area contributed by atoms with Gasteiger partial charge in [-0.25, -0.2) is 4.98 Å². The molecule has 1 unspecified atom stereocenters. The van der Waals surface area contributed by atoms with E-state index in [1.807, 2.05) is 23.6 Å². The Morgan fingerprint density at radius 1 is 1.32 bits per heavy atom. The van der Waals surface area contributed by atoms with E-state index in [9.17, 15) is 14.4 Å². The maximum Gasteiger partial charge on any atom is 0.231 e. The topological polar surface area (TPSA) is 101 Å². The second kappa shape index (κ2) is 9.91. The van der Waals surface area contributed by atoms with Crippen molar-refractivity contribution in [2.75, 3.05) is 30.3 Å². The van der Waals surface area contributed by atoms with Gasteiger partial charge in [0.1, 0.15) is 5.75 Å². The second-order valence-corrected chi connectivity index (χ2v) is 8.72. The molecule has 0 aliphatic carbocycles. The third-order valence-electron chi connectivity index (χ3n) is 5.58. The van der Waals surface area contributed by atoms with Gasteiger partial charge in [0, 0.05) is 43.2 Å². The molecule has 9 heteroatoms. The fourth-order valence-corrected chi connectivity index (χ4v) is 4.46. The van der Waals surface area contributed by atoms with Gasteiger partial charge in [0.05, 0.1) is 12.5 Å². The quantitative estimate of drug-likeness (QED) is 0.642. The van der Waals surface area contributed by atoms with Crippen LogP contribution in [0.3, 0.4) is 0 Å². The summed E-state index contributed by atoms with van der Waals surface area (Å²) in [7, 11) is 0. The highest BCUT2D eigenvalue weighted by Crippen LogP contribution is 2.27. The zero-order chi connectivity index (χ0) is 21.6. The molecule has 2 aromatic rings. The molecule has 164 valence electrons. The molecular weight excluding hydrogens is 416 g/mol. The van der Waals surface area contributed by atoms with Gasteiger partial charge in [-0.05, 0) is 49.4 Å². The van der Waals surface area contributed by atoms with Crippen LogP contribution < -0.4 is 15.4 Å². The van der Waals surface area contributed by atoms with Gasteiger partial charge in [-0.3, -0.25) is 14.4 Å². The Morgan fingerprint density at radius 3 is 3.06 bits per heavy atom. The van der Waals surface area contributed by atoms with Crippen LogP contribution in [-0.2, 0) is 20.8 Å². The van der Waals surface area contributed by atoms with Crippen LogP contribution in [0.25, 0.3) is 0 Å². The predicted molar refractivity (Wildman–Crippen MR) is 118 cm³/mol. The molecule has 3 amide bonds. The number of aromatic nitrogens is 1. The molecule has 1 fully saturated rings. The standard InChI is InChI=1S/C22H26N4O4S/c27-19-8-5-15-13-17(6-7-18(15)24-19)30-11-2-4-20(28)26-10-1-3-16(14-26)21(29)25-22-23-9-12-31-22/h6-7,9,12-13,16H,1-5,8,10-11,14H2,(H,24,27)(H,23,25,29). The van der Waals surface area contributed by atoms with Crippen molar-refractivity contribution in [3.05, 3.63) is 35.3 Å². The molecule has 2 N–H and O–H groups in total. The number of ether oxygens (including phenoxy) is 1. The Kier molecular flexibility index (Phi) is 6.81. The van der Waals surface area contributed by atoms with E-state index in [-0.39, 0.29) is 23.6 Å². The fraction of sp³-hybridized carbons (Fsp3) is 0.455. The Balaban J connectivity index is 1.20. The number of fused-ring (bicyclic) bond motifs is 1. The van der Waals surface area contributed by atoms with E-state index < -0.39 is 0 Å². The summed E-state index contributed by atoms with van der Waals surface area (Å²) in [6, 6.07) is 5.65. The molecule has 0 bridgehead atoms. The number of nitrogens with one attached hydrogen (secondary N) is 2. The summed E-state index contributed by atoms with van der Waals surface area (Å²) in [5, 5.41) is 8.09. The molecule has 1 aromatic carbocycles. The number of benzene rings is 1. The first-order chi connectivity index (χ1) is 15.1. The number of nitrogens with zero attached hydrogens (tertiary/aromatic N) is 2. The summed E-state index contributed by atoms with van der Waals surface area (Å²) in [5.41, 5.74) is 1.92. The largest absolute Gasteiger partial charge is 0.494 e. The predicted octanol–water partition coefficient (Wildman–Crippen LogP) is 3.06. The van der Waals surface area contributed by atoms with Crippen LogP contribution in [0.1, 0.15) is 37.7 Å². The molecule has 31 heavy (non-hydrogen) atoms. The monoisotopic (exact) mass is 442 g/mol. The summed E-state index contributed by atoms with van der Waals surface area (Å²) < 4.78 is 5.80. The molecule has 0 radical (unpaired) electrons. The minimum atomic E-state index is -0.200.